The van der Waals surface area contributed by atoms with E-state index >= 15 is 0 Å². The number of rotatable bonds is 10. The molecule has 2 atom stereocenters. The van der Waals surface area contributed by atoms with Gasteiger partial charge < -0.3 is 9.47 Å². The van der Waals surface area contributed by atoms with Gasteiger partial charge >= 0.3 is 5.97 Å². The zero-order valence-corrected chi connectivity index (χ0v) is 18.8. The van der Waals surface area contributed by atoms with Crippen molar-refractivity contribution in [3.05, 3.63) is 0 Å². The SMILES string of the molecule is CCC(C)(C)CC(C)(C(=O)OC(C)(CC)CCOC(C)C)C(C)(C)C. The summed E-state index contributed by atoms with van der Waals surface area (Å²) >= 11 is 0. The van der Waals surface area contributed by atoms with Gasteiger partial charge in [0.2, 0.25) is 0 Å². The highest BCUT2D eigenvalue weighted by atomic mass is 16.6. The first-order valence-corrected chi connectivity index (χ1v) is 9.97. The van der Waals surface area contributed by atoms with E-state index in [9.17, 15) is 4.79 Å². The summed E-state index contributed by atoms with van der Waals surface area (Å²) in [6, 6.07) is 0. The molecule has 0 aromatic rings. The van der Waals surface area contributed by atoms with Crippen LogP contribution in [0.1, 0.15) is 102 Å². The fourth-order valence-electron chi connectivity index (χ4n) is 2.87. The third kappa shape index (κ3) is 7.29. The fourth-order valence-corrected chi connectivity index (χ4v) is 2.87. The van der Waals surface area contributed by atoms with Crippen molar-refractivity contribution < 1.29 is 14.3 Å². The van der Waals surface area contributed by atoms with Crippen LogP contribution in [-0.4, -0.2) is 24.3 Å². The number of carbonyl (C=O) groups is 1. The van der Waals surface area contributed by atoms with Crippen LogP contribution < -0.4 is 0 Å². The van der Waals surface area contributed by atoms with E-state index < -0.39 is 11.0 Å². The van der Waals surface area contributed by atoms with E-state index in [-0.39, 0.29) is 22.9 Å². The van der Waals surface area contributed by atoms with Gasteiger partial charge in [-0.1, -0.05) is 54.9 Å². The molecular formula is C22H44O3. The molecule has 25 heavy (non-hydrogen) atoms. The topological polar surface area (TPSA) is 35.5 Å². The largest absolute Gasteiger partial charge is 0.459 e. The normalized spacial score (nSPS) is 17.9. The molecule has 3 heteroatoms. The van der Waals surface area contributed by atoms with Crippen LogP contribution in [0.4, 0.5) is 0 Å². The molecule has 0 saturated heterocycles. The van der Waals surface area contributed by atoms with Crippen molar-refractivity contribution in [2.24, 2.45) is 16.2 Å². The van der Waals surface area contributed by atoms with Crippen LogP contribution in [-0.2, 0) is 14.3 Å². The summed E-state index contributed by atoms with van der Waals surface area (Å²) in [5.41, 5.74) is -1.07. The number of ether oxygens (including phenoxy) is 2. The summed E-state index contributed by atoms with van der Waals surface area (Å²) in [6.07, 6.45) is 3.57. The smallest absolute Gasteiger partial charge is 0.312 e. The molecule has 0 heterocycles. The Morgan fingerprint density at radius 3 is 1.80 bits per heavy atom. The van der Waals surface area contributed by atoms with Gasteiger partial charge in [0.25, 0.3) is 0 Å². The first kappa shape index (κ1) is 24.4. The average molecular weight is 357 g/mol. The quantitative estimate of drug-likeness (QED) is 0.425. The van der Waals surface area contributed by atoms with Crippen molar-refractivity contribution in [2.75, 3.05) is 6.61 Å². The number of esters is 1. The van der Waals surface area contributed by atoms with Gasteiger partial charge in [0, 0.05) is 6.42 Å². The maximum atomic E-state index is 13.3. The maximum absolute atomic E-state index is 13.3. The average Bonchev–Trinajstić information content (AvgIpc) is 2.45. The lowest BCUT2D eigenvalue weighted by atomic mass is 9.60. The second-order valence-electron chi connectivity index (χ2n) is 10.1. The van der Waals surface area contributed by atoms with Gasteiger partial charge in [-0.05, 0) is 51.4 Å². The number of hydrogen-bond donors (Lipinski definition) is 0. The van der Waals surface area contributed by atoms with Crippen LogP contribution in [0.2, 0.25) is 0 Å². The van der Waals surface area contributed by atoms with E-state index in [4.69, 9.17) is 9.47 Å². The second-order valence-corrected chi connectivity index (χ2v) is 10.1. The van der Waals surface area contributed by atoms with E-state index in [0.29, 0.717) is 6.61 Å². The summed E-state index contributed by atoms with van der Waals surface area (Å²) in [7, 11) is 0. The first-order chi connectivity index (χ1) is 11.1. The molecule has 0 amide bonds. The van der Waals surface area contributed by atoms with E-state index in [2.05, 4.69) is 55.4 Å². The van der Waals surface area contributed by atoms with Gasteiger partial charge in [0.15, 0.2) is 0 Å². The monoisotopic (exact) mass is 356 g/mol. The highest BCUT2D eigenvalue weighted by molar-refractivity contribution is 5.78. The Morgan fingerprint density at radius 1 is 0.920 bits per heavy atom. The molecule has 0 saturated carbocycles. The molecule has 0 aliphatic carbocycles. The molecule has 2 unspecified atom stereocenters. The van der Waals surface area contributed by atoms with E-state index in [1.54, 1.807) is 0 Å². The molecule has 150 valence electrons. The highest BCUT2D eigenvalue weighted by Crippen LogP contribution is 2.49. The van der Waals surface area contributed by atoms with Gasteiger partial charge in [-0.3, -0.25) is 4.79 Å². The van der Waals surface area contributed by atoms with Gasteiger partial charge in [-0.25, -0.2) is 0 Å². The standard InChI is InChI=1S/C22H44O3/c1-12-20(8,9)16-22(11,19(5,6)7)18(23)25-21(10,13-2)14-15-24-17(3)4/h17H,12-16H2,1-11H3. The van der Waals surface area contributed by atoms with Crippen molar-refractivity contribution in [3.8, 4) is 0 Å². The van der Waals surface area contributed by atoms with Crippen LogP contribution in [0.5, 0.6) is 0 Å². The number of hydrogen-bond acceptors (Lipinski definition) is 3. The van der Waals surface area contributed by atoms with Crippen LogP contribution in [0, 0.1) is 16.2 Å². The number of carbonyl (C=O) groups excluding carboxylic acids is 1. The lowest BCUT2D eigenvalue weighted by Gasteiger charge is -2.46. The summed E-state index contributed by atoms with van der Waals surface area (Å²) in [5, 5.41) is 0. The molecule has 0 rings (SSSR count). The van der Waals surface area contributed by atoms with Gasteiger partial charge in [0.1, 0.15) is 5.60 Å². The highest BCUT2D eigenvalue weighted by Gasteiger charge is 2.49. The molecular weight excluding hydrogens is 312 g/mol. The van der Waals surface area contributed by atoms with Crippen LogP contribution in [0.3, 0.4) is 0 Å². The summed E-state index contributed by atoms with van der Waals surface area (Å²) in [5.74, 6) is -0.0737. The molecule has 0 aliphatic heterocycles. The molecule has 3 nitrogen and oxygen atoms in total. The maximum Gasteiger partial charge on any atom is 0.312 e. The third-order valence-electron chi connectivity index (χ3n) is 6.06. The van der Waals surface area contributed by atoms with Crippen LogP contribution in [0.25, 0.3) is 0 Å². The lowest BCUT2D eigenvalue weighted by Crippen LogP contribution is -2.48. The fraction of sp³-hybridized carbons (Fsp3) is 0.955. The van der Waals surface area contributed by atoms with Crippen molar-refractivity contribution in [1.29, 1.82) is 0 Å². The summed E-state index contributed by atoms with van der Waals surface area (Å²) in [6.45, 7) is 23.9. The molecule has 0 radical (unpaired) electrons. The predicted molar refractivity (Wildman–Crippen MR) is 107 cm³/mol. The van der Waals surface area contributed by atoms with Crippen LogP contribution >= 0.6 is 0 Å². The predicted octanol–water partition coefficient (Wildman–Crippen LogP) is 6.39. The summed E-state index contributed by atoms with van der Waals surface area (Å²) in [4.78, 5) is 13.3. The minimum Gasteiger partial charge on any atom is -0.459 e. The lowest BCUT2D eigenvalue weighted by molar-refractivity contribution is -0.182. The zero-order chi connectivity index (χ0) is 20.1. The Morgan fingerprint density at radius 2 is 1.44 bits per heavy atom. The van der Waals surface area contributed by atoms with Crippen molar-refractivity contribution in [1.82, 2.24) is 0 Å². The van der Waals surface area contributed by atoms with Crippen LogP contribution in [0.15, 0.2) is 0 Å². The second kappa shape index (κ2) is 8.88. The van der Waals surface area contributed by atoms with E-state index in [1.165, 1.54) is 0 Å². The molecule has 0 spiro atoms. The Labute approximate surface area is 157 Å². The minimum absolute atomic E-state index is 0.0737. The minimum atomic E-state index is -0.526. The Hall–Kier alpha value is -0.570. The Bertz CT molecular complexity index is 419. The molecule has 0 aromatic heterocycles. The molecule has 0 aromatic carbocycles. The third-order valence-corrected chi connectivity index (χ3v) is 6.06. The molecule has 0 bridgehead atoms. The molecule has 0 aliphatic rings. The molecule has 0 N–H and O–H groups in total. The van der Waals surface area contributed by atoms with Gasteiger partial charge in [0.05, 0.1) is 18.1 Å². The Kier molecular flexibility index (Phi) is 8.68. The molecule has 0 fully saturated rings. The van der Waals surface area contributed by atoms with E-state index in [1.807, 2.05) is 20.8 Å². The van der Waals surface area contributed by atoms with Crippen molar-refractivity contribution in [3.63, 3.8) is 0 Å². The van der Waals surface area contributed by atoms with Crippen molar-refractivity contribution >= 4 is 5.97 Å². The first-order valence-electron chi connectivity index (χ1n) is 9.97. The van der Waals surface area contributed by atoms with Crippen molar-refractivity contribution in [2.45, 2.75) is 114 Å². The van der Waals surface area contributed by atoms with E-state index in [0.717, 1.165) is 25.7 Å². The Balaban J connectivity index is 5.37. The van der Waals surface area contributed by atoms with Gasteiger partial charge in [-0.2, -0.15) is 0 Å². The van der Waals surface area contributed by atoms with Gasteiger partial charge in [-0.15, -0.1) is 0 Å². The summed E-state index contributed by atoms with van der Waals surface area (Å²) < 4.78 is 11.8. The zero-order valence-electron chi connectivity index (χ0n) is 18.8.